The molecule has 1 aromatic carbocycles. The van der Waals surface area contributed by atoms with E-state index in [0.717, 1.165) is 4.88 Å². The highest BCUT2D eigenvalue weighted by Crippen LogP contribution is 2.32. The summed E-state index contributed by atoms with van der Waals surface area (Å²) < 4.78 is 21.6. The summed E-state index contributed by atoms with van der Waals surface area (Å²) in [6.07, 6.45) is 3.62. The lowest BCUT2D eigenvalue weighted by Crippen LogP contribution is -2.56. The van der Waals surface area contributed by atoms with Crippen molar-refractivity contribution >= 4 is 41.3 Å². The quantitative estimate of drug-likeness (QED) is 0.572. The van der Waals surface area contributed by atoms with Crippen LogP contribution < -0.4 is 5.43 Å². The Morgan fingerprint density at radius 1 is 1.36 bits per heavy atom. The number of rotatable bonds is 3. The number of aromatic hydroxyl groups is 1. The number of nitrogens with zero attached hydrogens (tertiary/aromatic N) is 3. The molecule has 174 valence electrons. The van der Waals surface area contributed by atoms with Crippen LogP contribution in [0.3, 0.4) is 0 Å². The van der Waals surface area contributed by atoms with Crippen molar-refractivity contribution in [1.82, 2.24) is 14.5 Å². The number of halogens is 3. The molecule has 2 aliphatic rings. The van der Waals surface area contributed by atoms with Crippen LogP contribution in [0.25, 0.3) is 10.6 Å². The highest BCUT2D eigenvalue weighted by Gasteiger charge is 2.40. The van der Waals surface area contributed by atoms with Crippen molar-refractivity contribution < 1.29 is 19.0 Å². The maximum absolute atomic E-state index is 14.2. The Morgan fingerprint density at radius 3 is 2.94 bits per heavy atom. The van der Waals surface area contributed by atoms with Crippen molar-refractivity contribution in [3.05, 3.63) is 67.8 Å². The minimum atomic E-state index is -0.663. The van der Waals surface area contributed by atoms with Crippen LogP contribution in [0.1, 0.15) is 34.3 Å². The number of benzene rings is 1. The highest BCUT2D eigenvalue weighted by atomic mass is 35.5. The molecule has 1 saturated heterocycles. The summed E-state index contributed by atoms with van der Waals surface area (Å²) in [4.78, 5) is 32.6. The highest BCUT2D eigenvalue weighted by molar-refractivity contribution is 7.15. The van der Waals surface area contributed by atoms with Crippen molar-refractivity contribution in [3.8, 4) is 16.3 Å². The number of pyridine rings is 1. The number of fused-ring (bicyclic) bond motifs is 2. The summed E-state index contributed by atoms with van der Waals surface area (Å²) in [5, 5.41) is 11.1. The molecule has 0 saturated carbocycles. The molecule has 7 nitrogen and oxygen atoms in total. The Balaban J connectivity index is 0.00000259. The summed E-state index contributed by atoms with van der Waals surface area (Å²) >= 11 is 7.08. The molecule has 1 N–H and O–H groups in total. The van der Waals surface area contributed by atoms with Gasteiger partial charge >= 0.3 is 0 Å². The maximum Gasteiger partial charge on any atom is 0.276 e. The Kier molecular flexibility index (Phi) is 6.50. The standard InChI is InChI=1S/C22H19ClFN3O4S.ClH/c1-11-5-6-31-16-10-26-9-14(19(28)20(29)18(26)22(30)27(11)16)21-25-8-13(32-21)7-12-3-2-4-15(23)17(12)24;/h2-4,8-9,11,16,29H,5-7,10H2,1H3;1H/t11-,16+;/m1./s1. The van der Waals surface area contributed by atoms with Gasteiger partial charge in [0.15, 0.2) is 17.7 Å². The smallest absolute Gasteiger partial charge is 0.276 e. The monoisotopic (exact) mass is 511 g/mol. The number of carbonyl (C=O) groups excluding carboxylic acids is 1. The number of hydrogen-bond acceptors (Lipinski definition) is 6. The van der Waals surface area contributed by atoms with Crippen molar-refractivity contribution in [3.63, 3.8) is 0 Å². The fraction of sp³-hybridized carbons (Fsp3) is 0.318. The molecule has 11 heteroatoms. The summed E-state index contributed by atoms with van der Waals surface area (Å²) in [6, 6.07) is 4.75. The molecule has 4 heterocycles. The van der Waals surface area contributed by atoms with Crippen LogP contribution in [-0.2, 0) is 17.7 Å². The van der Waals surface area contributed by atoms with Crippen molar-refractivity contribution in [2.24, 2.45) is 0 Å². The van der Waals surface area contributed by atoms with Crippen molar-refractivity contribution in [1.29, 1.82) is 0 Å². The van der Waals surface area contributed by atoms with Crippen molar-refractivity contribution in [2.45, 2.75) is 38.6 Å². The molecule has 2 aromatic heterocycles. The fourth-order valence-electron chi connectivity index (χ4n) is 4.20. The van der Waals surface area contributed by atoms with Crippen LogP contribution in [0.5, 0.6) is 5.75 Å². The first kappa shape index (κ1) is 23.7. The van der Waals surface area contributed by atoms with Gasteiger partial charge in [-0.2, -0.15) is 0 Å². The molecule has 0 spiro atoms. The van der Waals surface area contributed by atoms with E-state index in [1.54, 1.807) is 27.8 Å². The SMILES string of the molecule is C[C@@H]1CCO[C@H]2Cn3cc(-c4ncc(Cc5cccc(Cl)c5F)s4)c(=O)c(O)c3C(=O)N12.Cl. The van der Waals surface area contributed by atoms with Gasteiger partial charge < -0.3 is 19.3 Å². The van der Waals surface area contributed by atoms with E-state index in [0.29, 0.717) is 30.1 Å². The second kappa shape index (κ2) is 9.06. The summed E-state index contributed by atoms with van der Waals surface area (Å²) in [5.74, 6) is -1.51. The van der Waals surface area contributed by atoms with E-state index in [1.165, 1.54) is 23.6 Å². The van der Waals surface area contributed by atoms with Gasteiger partial charge in [0.1, 0.15) is 10.8 Å². The van der Waals surface area contributed by atoms with Crippen molar-refractivity contribution in [2.75, 3.05) is 6.61 Å². The first-order chi connectivity index (χ1) is 15.3. The van der Waals surface area contributed by atoms with Gasteiger partial charge in [-0.15, -0.1) is 23.7 Å². The zero-order chi connectivity index (χ0) is 22.6. The Hall–Kier alpha value is -2.46. The third kappa shape index (κ3) is 4.03. The predicted molar refractivity (Wildman–Crippen MR) is 125 cm³/mol. The maximum atomic E-state index is 14.2. The first-order valence-electron chi connectivity index (χ1n) is 10.1. The number of amides is 1. The summed E-state index contributed by atoms with van der Waals surface area (Å²) in [5.41, 5.74) is -0.0975. The molecule has 0 aliphatic carbocycles. The molecule has 3 aromatic rings. The van der Waals surface area contributed by atoms with Gasteiger partial charge in [0.05, 0.1) is 23.7 Å². The van der Waals surface area contributed by atoms with Gasteiger partial charge in [0.2, 0.25) is 5.43 Å². The average Bonchev–Trinajstić information content (AvgIpc) is 3.22. The van der Waals surface area contributed by atoms with Crippen LogP contribution in [0.2, 0.25) is 5.02 Å². The molecule has 5 rings (SSSR count). The third-order valence-corrected chi connectivity index (χ3v) is 7.18. The zero-order valence-electron chi connectivity index (χ0n) is 17.5. The van der Waals surface area contributed by atoms with E-state index in [2.05, 4.69) is 4.98 Å². The van der Waals surface area contributed by atoms with Gasteiger partial charge in [-0.1, -0.05) is 23.7 Å². The number of carbonyl (C=O) groups is 1. The molecule has 2 atom stereocenters. The lowest BCUT2D eigenvalue weighted by Gasteiger charge is -2.44. The molecule has 33 heavy (non-hydrogen) atoms. The predicted octanol–water partition coefficient (Wildman–Crippen LogP) is 4.07. The van der Waals surface area contributed by atoms with E-state index in [1.807, 2.05) is 6.92 Å². The minimum absolute atomic E-state index is 0. The average molecular weight is 512 g/mol. The molecule has 0 bridgehead atoms. The molecular formula is C22H20Cl2FN3O4S. The Morgan fingerprint density at radius 2 is 2.15 bits per heavy atom. The molecule has 1 fully saturated rings. The van der Waals surface area contributed by atoms with E-state index >= 15 is 0 Å². The van der Waals surface area contributed by atoms with Crippen LogP contribution >= 0.6 is 35.3 Å². The van der Waals surface area contributed by atoms with E-state index in [4.69, 9.17) is 16.3 Å². The normalized spacial score (nSPS) is 19.6. The Labute approximate surface area is 203 Å². The minimum Gasteiger partial charge on any atom is -0.503 e. The largest absolute Gasteiger partial charge is 0.503 e. The van der Waals surface area contributed by atoms with Gasteiger partial charge in [0.25, 0.3) is 5.91 Å². The summed E-state index contributed by atoms with van der Waals surface area (Å²) in [6.45, 7) is 2.77. The zero-order valence-corrected chi connectivity index (χ0v) is 19.8. The molecule has 0 unspecified atom stereocenters. The number of ether oxygens (including phenoxy) is 1. The van der Waals surface area contributed by atoms with Gasteiger partial charge in [-0.25, -0.2) is 9.37 Å². The lowest BCUT2D eigenvalue weighted by atomic mass is 10.1. The molecular weight excluding hydrogens is 492 g/mol. The Bertz CT molecular complexity index is 1300. The van der Waals surface area contributed by atoms with Crippen LogP contribution in [0, 0.1) is 5.82 Å². The second-order valence-corrected chi connectivity index (χ2v) is 9.44. The van der Waals surface area contributed by atoms with Gasteiger partial charge in [-0.05, 0) is 25.0 Å². The van der Waals surface area contributed by atoms with Crippen LogP contribution in [0.4, 0.5) is 4.39 Å². The lowest BCUT2D eigenvalue weighted by molar-refractivity contribution is -0.112. The summed E-state index contributed by atoms with van der Waals surface area (Å²) in [7, 11) is 0. The molecule has 0 radical (unpaired) electrons. The molecule has 1 amide bonds. The molecule has 2 aliphatic heterocycles. The van der Waals surface area contributed by atoms with E-state index in [9.17, 15) is 19.1 Å². The fourth-order valence-corrected chi connectivity index (χ4v) is 5.33. The van der Waals surface area contributed by atoms with Crippen LogP contribution in [0.15, 0.2) is 35.4 Å². The second-order valence-electron chi connectivity index (χ2n) is 7.92. The van der Waals surface area contributed by atoms with Gasteiger partial charge in [0, 0.05) is 29.7 Å². The number of hydrogen-bond donors (Lipinski definition) is 1. The van der Waals surface area contributed by atoms with Gasteiger partial charge in [-0.3, -0.25) is 9.59 Å². The van der Waals surface area contributed by atoms with E-state index in [-0.39, 0.29) is 41.1 Å². The number of aromatic nitrogens is 2. The first-order valence-corrected chi connectivity index (χ1v) is 11.3. The third-order valence-electron chi connectivity index (χ3n) is 5.86. The van der Waals surface area contributed by atoms with E-state index < -0.39 is 29.1 Å². The number of thiazole rings is 1. The topological polar surface area (TPSA) is 84.7 Å². The van der Waals surface area contributed by atoms with Crippen LogP contribution in [-0.4, -0.2) is 44.3 Å².